The highest BCUT2D eigenvalue weighted by Gasteiger charge is 2.32. The SMILES string of the molecule is Cc1cc(C(F)(F)F)ncc1Cl. The van der Waals surface area contributed by atoms with Crippen LogP contribution in [0.25, 0.3) is 0 Å². The number of hydrogen-bond donors (Lipinski definition) is 0. The van der Waals surface area contributed by atoms with E-state index in [0.29, 0.717) is 5.56 Å². The van der Waals surface area contributed by atoms with Gasteiger partial charge in [0, 0.05) is 6.20 Å². The number of rotatable bonds is 0. The average molecular weight is 196 g/mol. The van der Waals surface area contributed by atoms with Gasteiger partial charge < -0.3 is 0 Å². The third-order valence-electron chi connectivity index (χ3n) is 1.34. The minimum atomic E-state index is -4.39. The molecular formula is C7H5ClF3N. The van der Waals surface area contributed by atoms with E-state index in [-0.39, 0.29) is 5.02 Å². The van der Waals surface area contributed by atoms with E-state index in [2.05, 4.69) is 4.98 Å². The average Bonchev–Trinajstić information content (AvgIpc) is 1.92. The standard InChI is InChI=1S/C7H5ClF3N/c1-4-2-6(7(9,10)11)12-3-5(4)8/h2-3H,1H3. The van der Waals surface area contributed by atoms with E-state index in [1.54, 1.807) is 0 Å². The summed E-state index contributed by atoms with van der Waals surface area (Å²) in [5.41, 5.74) is -0.539. The molecule has 5 heteroatoms. The second-order valence-corrected chi connectivity index (χ2v) is 2.72. The maximum atomic E-state index is 12.0. The Morgan fingerprint density at radius 2 is 2.00 bits per heavy atom. The molecule has 0 aliphatic rings. The van der Waals surface area contributed by atoms with Crippen molar-refractivity contribution in [1.29, 1.82) is 0 Å². The van der Waals surface area contributed by atoms with Crippen LogP contribution in [0.3, 0.4) is 0 Å². The van der Waals surface area contributed by atoms with Gasteiger partial charge in [-0.1, -0.05) is 11.6 Å². The van der Waals surface area contributed by atoms with Crippen LogP contribution in [0.2, 0.25) is 5.02 Å². The fraction of sp³-hybridized carbons (Fsp3) is 0.286. The molecule has 0 spiro atoms. The van der Waals surface area contributed by atoms with Crippen LogP contribution in [0.1, 0.15) is 11.3 Å². The molecule has 0 unspecified atom stereocenters. The number of halogens is 4. The highest BCUT2D eigenvalue weighted by atomic mass is 35.5. The number of pyridine rings is 1. The van der Waals surface area contributed by atoms with Crippen molar-refractivity contribution in [3.8, 4) is 0 Å². The van der Waals surface area contributed by atoms with Crippen molar-refractivity contribution in [2.75, 3.05) is 0 Å². The van der Waals surface area contributed by atoms with Crippen molar-refractivity contribution < 1.29 is 13.2 Å². The second kappa shape index (κ2) is 2.94. The first-order valence-electron chi connectivity index (χ1n) is 3.10. The smallest absolute Gasteiger partial charge is 0.250 e. The van der Waals surface area contributed by atoms with Crippen molar-refractivity contribution in [3.63, 3.8) is 0 Å². The Morgan fingerprint density at radius 3 is 2.42 bits per heavy atom. The van der Waals surface area contributed by atoms with E-state index < -0.39 is 11.9 Å². The minimum Gasteiger partial charge on any atom is -0.250 e. The van der Waals surface area contributed by atoms with E-state index in [9.17, 15) is 13.2 Å². The fourth-order valence-electron chi connectivity index (χ4n) is 0.694. The molecule has 12 heavy (non-hydrogen) atoms. The van der Waals surface area contributed by atoms with Crippen molar-refractivity contribution in [3.05, 3.63) is 28.5 Å². The van der Waals surface area contributed by atoms with Crippen molar-refractivity contribution >= 4 is 11.6 Å². The first-order chi connectivity index (χ1) is 5.41. The van der Waals surface area contributed by atoms with Gasteiger partial charge in [0.05, 0.1) is 5.02 Å². The Hall–Kier alpha value is -0.770. The summed E-state index contributed by atoms with van der Waals surface area (Å²) >= 11 is 5.50. The van der Waals surface area contributed by atoms with Crippen molar-refractivity contribution in [2.45, 2.75) is 13.1 Å². The third-order valence-corrected chi connectivity index (χ3v) is 1.73. The zero-order valence-electron chi connectivity index (χ0n) is 6.11. The van der Waals surface area contributed by atoms with Crippen LogP contribution >= 0.6 is 11.6 Å². The molecule has 1 nitrogen and oxygen atoms in total. The fourth-order valence-corrected chi connectivity index (χ4v) is 0.798. The summed E-state index contributed by atoms with van der Waals surface area (Å²) in [5.74, 6) is 0. The Balaban J connectivity index is 3.14. The second-order valence-electron chi connectivity index (χ2n) is 2.32. The molecule has 0 aromatic carbocycles. The Labute approximate surface area is 72.2 Å². The van der Waals surface area contributed by atoms with Crippen LogP contribution in [-0.4, -0.2) is 4.98 Å². The van der Waals surface area contributed by atoms with Crippen LogP contribution in [0.15, 0.2) is 12.3 Å². The molecule has 0 aliphatic heterocycles. The maximum absolute atomic E-state index is 12.0. The van der Waals surface area contributed by atoms with E-state index in [4.69, 9.17) is 11.6 Å². The maximum Gasteiger partial charge on any atom is 0.433 e. The third kappa shape index (κ3) is 1.88. The zero-order chi connectivity index (χ0) is 9.35. The van der Waals surface area contributed by atoms with Gasteiger partial charge in [0.25, 0.3) is 0 Å². The minimum absolute atomic E-state index is 0.239. The molecular weight excluding hydrogens is 191 g/mol. The summed E-state index contributed by atoms with van der Waals surface area (Å²) in [6.45, 7) is 1.50. The lowest BCUT2D eigenvalue weighted by atomic mass is 10.2. The van der Waals surface area contributed by atoms with Crippen LogP contribution in [0.5, 0.6) is 0 Å². The molecule has 1 rings (SSSR count). The number of nitrogens with zero attached hydrogens (tertiary/aromatic N) is 1. The summed E-state index contributed by atoms with van der Waals surface area (Å²) < 4.78 is 36.0. The normalized spacial score (nSPS) is 11.8. The molecule has 0 aliphatic carbocycles. The Kier molecular flexibility index (Phi) is 2.28. The van der Waals surface area contributed by atoms with E-state index >= 15 is 0 Å². The first kappa shape index (κ1) is 9.32. The lowest BCUT2D eigenvalue weighted by molar-refractivity contribution is -0.141. The molecule has 1 aromatic heterocycles. The number of aryl methyl sites for hydroxylation is 1. The topological polar surface area (TPSA) is 12.9 Å². The highest BCUT2D eigenvalue weighted by Crippen LogP contribution is 2.29. The van der Waals surface area contributed by atoms with Gasteiger partial charge in [-0.05, 0) is 18.6 Å². The summed E-state index contributed by atoms with van der Waals surface area (Å²) in [5, 5.41) is 0.239. The molecule has 0 fully saturated rings. The molecule has 0 bridgehead atoms. The van der Waals surface area contributed by atoms with Crippen molar-refractivity contribution in [1.82, 2.24) is 4.98 Å². The van der Waals surface area contributed by atoms with Gasteiger partial charge in [-0.15, -0.1) is 0 Å². The Morgan fingerprint density at radius 1 is 1.42 bits per heavy atom. The van der Waals surface area contributed by atoms with Gasteiger partial charge in [0.2, 0.25) is 0 Å². The molecule has 1 aromatic rings. The molecule has 66 valence electrons. The van der Waals surface area contributed by atoms with Gasteiger partial charge >= 0.3 is 6.18 Å². The lowest BCUT2D eigenvalue weighted by Crippen LogP contribution is -2.07. The quantitative estimate of drug-likeness (QED) is 0.620. The monoisotopic (exact) mass is 195 g/mol. The molecule has 0 radical (unpaired) electrons. The van der Waals surface area contributed by atoms with Gasteiger partial charge in [-0.3, -0.25) is 4.98 Å². The summed E-state index contributed by atoms with van der Waals surface area (Å²) in [7, 11) is 0. The van der Waals surface area contributed by atoms with Gasteiger partial charge in [0.1, 0.15) is 5.69 Å². The van der Waals surface area contributed by atoms with Crippen LogP contribution in [0, 0.1) is 6.92 Å². The predicted octanol–water partition coefficient (Wildman–Crippen LogP) is 3.06. The summed E-state index contributed by atoms with van der Waals surface area (Å²) in [6.07, 6.45) is -3.39. The summed E-state index contributed by atoms with van der Waals surface area (Å²) in [6, 6.07) is 0.919. The molecule has 0 saturated carbocycles. The van der Waals surface area contributed by atoms with Crippen LogP contribution in [0.4, 0.5) is 13.2 Å². The van der Waals surface area contributed by atoms with Crippen LogP contribution < -0.4 is 0 Å². The lowest BCUT2D eigenvalue weighted by Gasteiger charge is -2.06. The number of alkyl halides is 3. The molecule has 1 heterocycles. The first-order valence-corrected chi connectivity index (χ1v) is 3.48. The van der Waals surface area contributed by atoms with Gasteiger partial charge in [-0.2, -0.15) is 13.2 Å². The summed E-state index contributed by atoms with van der Waals surface area (Å²) in [4.78, 5) is 3.15. The number of aromatic nitrogens is 1. The van der Waals surface area contributed by atoms with Gasteiger partial charge in [0.15, 0.2) is 0 Å². The van der Waals surface area contributed by atoms with Crippen molar-refractivity contribution in [2.24, 2.45) is 0 Å². The Bertz CT molecular complexity index is 295. The number of hydrogen-bond acceptors (Lipinski definition) is 1. The zero-order valence-corrected chi connectivity index (χ0v) is 6.87. The highest BCUT2D eigenvalue weighted by molar-refractivity contribution is 6.31. The molecule has 0 amide bonds. The largest absolute Gasteiger partial charge is 0.433 e. The molecule has 0 saturated heterocycles. The predicted molar refractivity (Wildman–Crippen MR) is 39.0 cm³/mol. The van der Waals surface area contributed by atoms with Crippen LogP contribution in [-0.2, 0) is 6.18 Å². The molecule has 0 N–H and O–H groups in total. The molecule has 0 atom stereocenters. The van der Waals surface area contributed by atoms with E-state index in [1.807, 2.05) is 0 Å². The van der Waals surface area contributed by atoms with E-state index in [1.165, 1.54) is 6.92 Å². The van der Waals surface area contributed by atoms with E-state index in [0.717, 1.165) is 12.3 Å². The van der Waals surface area contributed by atoms with Gasteiger partial charge in [-0.25, -0.2) is 0 Å².